The summed E-state index contributed by atoms with van der Waals surface area (Å²) in [6.45, 7) is 5.54. The Morgan fingerprint density at radius 3 is 2.76 bits per heavy atom. The molecular weight excluding hydrogens is 212 g/mol. The number of aromatic nitrogens is 1. The van der Waals surface area contributed by atoms with Gasteiger partial charge in [-0.1, -0.05) is 39.2 Å². The highest BCUT2D eigenvalue weighted by molar-refractivity contribution is 5.09. The first-order chi connectivity index (χ1) is 8.22. The topological polar surface area (TPSA) is 48.0 Å². The van der Waals surface area contributed by atoms with Crippen molar-refractivity contribution in [2.75, 3.05) is 0 Å². The van der Waals surface area contributed by atoms with Crippen molar-refractivity contribution in [2.24, 2.45) is 11.7 Å². The molecular formula is C14H24N2O. The maximum Gasteiger partial charge on any atom is 0.255 e. The van der Waals surface area contributed by atoms with Crippen LogP contribution in [0.4, 0.5) is 0 Å². The fraction of sp³-hybridized carbons (Fsp3) is 0.643. The van der Waals surface area contributed by atoms with Crippen LogP contribution in [-0.4, -0.2) is 4.57 Å². The van der Waals surface area contributed by atoms with Crippen LogP contribution in [0.25, 0.3) is 0 Å². The molecule has 2 N–H and O–H groups in total. The highest BCUT2D eigenvalue weighted by Gasteiger charge is 2.09. The Morgan fingerprint density at radius 2 is 2.18 bits per heavy atom. The summed E-state index contributed by atoms with van der Waals surface area (Å²) < 4.78 is 1.81. The lowest BCUT2D eigenvalue weighted by molar-refractivity contribution is 0.384. The van der Waals surface area contributed by atoms with E-state index in [9.17, 15) is 4.79 Å². The summed E-state index contributed by atoms with van der Waals surface area (Å²) in [5.74, 6) is 0.598. The number of rotatable bonds is 7. The van der Waals surface area contributed by atoms with Crippen LogP contribution < -0.4 is 11.3 Å². The SMILES string of the molecule is CCCCC(CC)Cn1cccc(CN)c1=O. The number of hydrogen-bond donors (Lipinski definition) is 1. The second-order valence-electron chi connectivity index (χ2n) is 4.61. The van der Waals surface area contributed by atoms with Crippen LogP contribution in [0.1, 0.15) is 45.1 Å². The molecule has 1 unspecified atom stereocenters. The Morgan fingerprint density at radius 1 is 1.41 bits per heavy atom. The first kappa shape index (κ1) is 14.0. The van der Waals surface area contributed by atoms with Gasteiger partial charge in [-0.3, -0.25) is 4.79 Å². The fourth-order valence-corrected chi connectivity index (χ4v) is 2.08. The number of pyridine rings is 1. The summed E-state index contributed by atoms with van der Waals surface area (Å²) in [6, 6.07) is 3.72. The van der Waals surface area contributed by atoms with Crippen LogP contribution >= 0.6 is 0 Å². The molecule has 0 bridgehead atoms. The molecule has 1 heterocycles. The van der Waals surface area contributed by atoms with Crippen LogP contribution in [0.2, 0.25) is 0 Å². The molecule has 0 saturated heterocycles. The molecule has 0 radical (unpaired) electrons. The summed E-state index contributed by atoms with van der Waals surface area (Å²) in [5.41, 5.74) is 6.33. The van der Waals surface area contributed by atoms with E-state index in [1.165, 1.54) is 19.3 Å². The zero-order valence-corrected chi connectivity index (χ0v) is 11.0. The standard InChI is InChI=1S/C14H24N2O/c1-3-5-7-12(4-2)11-16-9-6-8-13(10-15)14(16)17/h6,8-9,12H,3-5,7,10-11,15H2,1-2H3. The molecule has 1 atom stereocenters. The molecule has 1 aromatic heterocycles. The Hall–Kier alpha value is -1.09. The van der Waals surface area contributed by atoms with Crippen molar-refractivity contribution in [3.05, 3.63) is 34.2 Å². The minimum atomic E-state index is 0.0740. The van der Waals surface area contributed by atoms with Gasteiger partial charge < -0.3 is 10.3 Å². The van der Waals surface area contributed by atoms with E-state index in [2.05, 4.69) is 13.8 Å². The van der Waals surface area contributed by atoms with Crippen molar-refractivity contribution in [3.63, 3.8) is 0 Å². The molecule has 17 heavy (non-hydrogen) atoms. The average molecular weight is 236 g/mol. The van der Waals surface area contributed by atoms with Crippen molar-refractivity contribution in [1.29, 1.82) is 0 Å². The molecule has 0 aliphatic heterocycles. The van der Waals surface area contributed by atoms with E-state index in [4.69, 9.17) is 5.73 Å². The molecule has 0 aliphatic carbocycles. The Bertz CT molecular complexity index is 384. The first-order valence-electron chi connectivity index (χ1n) is 6.61. The van der Waals surface area contributed by atoms with Crippen molar-refractivity contribution in [1.82, 2.24) is 4.57 Å². The summed E-state index contributed by atoms with van der Waals surface area (Å²) in [5, 5.41) is 0. The van der Waals surface area contributed by atoms with Gasteiger partial charge in [0.15, 0.2) is 0 Å². The second kappa shape index (κ2) is 7.28. The number of nitrogens with two attached hydrogens (primary N) is 1. The quantitative estimate of drug-likeness (QED) is 0.790. The van der Waals surface area contributed by atoms with E-state index in [1.807, 2.05) is 22.9 Å². The molecule has 0 spiro atoms. The molecule has 0 amide bonds. The van der Waals surface area contributed by atoms with Gasteiger partial charge in [0, 0.05) is 24.8 Å². The van der Waals surface area contributed by atoms with Gasteiger partial charge in [0.05, 0.1) is 0 Å². The van der Waals surface area contributed by atoms with Crippen LogP contribution in [0.5, 0.6) is 0 Å². The maximum absolute atomic E-state index is 12.0. The molecule has 3 nitrogen and oxygen atoms in total. The normalized spacial score (nSPS) is 12.6. The van der Waals surface area contributed by atoms with Crippen molar-refractivity contribution in [3.8, 4) is 0 Å². The second-order valence-corrected chi connectivity index (χ2v) is 4.61. The van der Waals surface area contributed by atoms with Gasteiger partial charge in [0.1, 0.15) is 0 Å². The van der Waals surface area contributed by atoms with E-state index in [0.29, 0.717) is 18.0 Å². The van der Waals surface area contributed by atoms with Crippen LogP contribution in [0.15, 0.2) is 23.1 Å². The van der Waals surface area contributed by atoms with Gasteiger partial charge >= 0.3 is 0 Å². The summed E-state index contributed by atoms with van der Waals surface area (Å²) in [7, 11) is 0. The predicted octanol–water partition coefficient (Wildman–Crippen LogP) is 2.52. The van der Waals surface area contributed by atoms with Gasteiger partial charge in [0.2, 0.25) is 0 Å². The van der Waals surface area contributed by atoms with Gasteiger partial charge in [-0.15, -0.1) is 0 Å². The van der Waals surface area contributed by atoms with Crippen LogP contribution in [-0.2, 0) is 13.1 Å². The van der Waals surface area contributed by atoms with Gasteiger partial charge in [-0.25, -0.2) is 0 Å². The monoisotopic (exact) mass is 236 g/mol. The van der Waals surface area contributed by atoms with Crippen molar-refractivity contribution >= 4 is 0 Å². The van der Waals surface area contributed by atoms with Crippen molar-refractivity contribution < 1.29 is 0 Å². The Balaban J connectivity index is 2.75. The minimum absolute atomic E-state index is 0.0740. The lowest BCUT2D eigenvalue weighted by Gasteiger charge is -2.16. The lowest BCUT2D eigenvalue weighted by atomic mass is 9.99. The third-order valence-electron chi connectivity index (χ3n) is 3.32. The molecule has 0 saturated carbocycles. The molecule has 3 heteroatoms. The number of unbranched alkanes of at least 4 members (excludes halogenated alkanes) is 1. The van der Waals surface area contributed by atoms with E-state index in [0.717, 1.165) is 13.0 Å². The van der Waals surface area contributed by atoms with Gasteiger partial charge in [-0.2, -0.15) is 0 Å². The first-order valence-corrected chi connectivity index (χ1v) is 6.61. The fourth-order valence-electron chi connectivity index (χ4n) is 2.08. The van der Waals surface area contributed by atoms with Crippen LogP contribution in [0.3, 0.4) is 0 Å². The predicted molar refractivity (Wildman–Crippen MR) is 71.9 cm³/mol. The minimum Gasteiger partial charge on any atom is -0.326 e. The number of nitrogens with zero attached hydrogens (tertiary/aromatic N) is 1. The third kappa shape index (κ3) is 4.00. The third-order valence-corrected chi connectivity index (χ3v) is 3.32. The van der Waals surface area contributed by atoms with E-state index in [-0.39, 0.29) is 5.56 Å². The lowest BCUT2D eigenvalue weighted by Crippen LogP contribution is -2.27. The molecule has 0 aromatic carbocycles. The zero-order chi connectivity index (χ0) is 12.7. The van der Waals surface area contributed by atoms with Crippen LogP contribution in [0, 0.1) is 5.92 Å². The van der Waals surface area contributed by atoms with E-state index < -0.39 is 0 Å². The average Bonchev–Trinajstić information content (AvgIpc) is 2.36. The summed E-state index contributed by atoms with van der Waals surface area (Å²) in [6.07, 6.45) is 6.65. The summed E-state index contributed by atoms with van der Waals surface area (Å²) >= 11 is 0. The molecule has 0 aliphatic rings. The Kier molecular flexibility index (Phi) is 5.98. The zero-order valence-electron chi connectivity index (χ0n) is 11.0. The summed E-state index contributed by atoms with van der Waals surface area (Å²) in [4.78, 5) is 12.0. The van der Waals surface area contributed by atoms with Crippen molar-refractivity contribution in [2.45, 2.75) is 52.6 Å². The maximum atomic E-state index is 12.0. The largest absolute Gasteiger partial charge is 0.326 e. The van der Waals surface area contributed by atoms with E-state index >= 15 is 0 Å². The van der Waals surface area contributed by atoms with E-state index in [1.54, 1.807) is 0 Å². The molecule has 1 rings (SSSR count). The Labute approximate surface area is 104 Å². The number of hydrogen-bond acceptors (Lipinski definition) is 2. The van der Waals surface area contributed by atoms with Gasteiger partial charge in [-0.05, 0) is 18.4 Å². The molecule has 1 aromatic rings. The highest BCUT2D eigenvalue weighted by atomic mass is 16.1. The highest BCUT2D eigenvalue weighted by Crippen LogP contribution is 2.14. The molecule has 0 fully saturated rings. The smallest absolute Gasteiger partial charge is 0.255 e. The molecule has 96 valence electrons. The van der Waals surface area contributed by atoms with Gasteiger partial charge in [0.25, 0.3) is 5.56 Å².